The lowest BCUT2D eigenvalue weighted by Gasteiger charge is -2.16. The highest BCUT2D eigenvalue weighted by Crippen LogP contribution is 2.22. The van der Waals surface area contributed by atoms with Crippen LogP contribution in [-0.2, 0) is 9.84 Å². The summed E-state index contributed by atoms with van der Waals surface area (Å²) in [5.41, 5.74) is 5.85. The molecule has 1 aliphatic rings. The molecule has 1 unspecified atom stereocenters. The zero-order valence-corrected chi connectivity index (χ0v) is 8.31. The summed E-state index contributed by atoms with van der Waals surface area (Å²) >= 11 is 0. The van der Waals surface area contributed by atoms with Gasteiger partial charge in [-0.15, -0.1) is 0 Å². The molecular weight excluding hydrogens is 174 g/mol. The van der Waals surface area contributed by atoms with Gasteiger partial charge < -0.3 is 5.73 Å². The number of hydrogen-bond acceptors (Lipinski definition) is 3. The Balaban J connectivity index is 2.46. The highest BCUT2D eigenvalue weighted by Gasteiger charge is 2.31. The van der Waals surface area contributed by atoms with Gasteiger partial charge in [0.25, 0.3) is 0 Å². The predicted molar refractivity (Wildman–Crippen MR) is 49.6 cm³/mol. The van der Waals surface area contributed by atoms with E-state index in [1.165, 1.54) is 0 Å². The van der Waals surface area contributed by atoms with Crippen LogP contribution in [0.3, 0.4) is 0 Å². The van der Waals surface area contributed by atoms with E-state index < -0.39 is 9.84 Å². The molecule has 4 heteroatoms. The van der Waals surface area contributed by atoms with Crippen LogP contribution in [0.15, 0.2) is 0 Å². The lowest BCUT2D eigenvalue weighted by molar-refractivity contribution is 0.435. The number of rotatable bonds is 3. The average Bonchev–Trinajstić information content (AvgIpc) is 2.31. The van der Waals surface area contributed by atoms with Gasteiger partial charge >= 0.3 is 0 Å². The molecule has 0 aliphatic carbocycles. The van der Waals surface area contributed by atoms with Crippen molar-refractivity contribution in [1.29, 1.82) is 0 Å². The molecule has 0 saturated carbocycles. The molecule has 1 aliphatic heterocycles. The zero-order valence-electron chi connectivity index (χ0n) is 7.49. The Morgan fingerprint density at radius 3 is 2.67 bits per heavy atom. The Morgan fingerprint density at radius 1 is 1.58 bits per heavy atom. The maximum absolute atomic E-state index is 11.1. The minimum absolute atomic E-state index is 0.0901. The van der Waals surface area contributed by atoms with Gasteiger partial charge in [0.1, 0.15) is 0 Å². The van der Waals surface area contributed by atoms with Crippen LogP contribution in [0.1, 0.15) is 26.2 Å². The lowest BCUT2D eigenvalue weighted by atomic mass is 9.96. The maximum Gasteiger partial charge on any atom is 0.150 e. The molecule has 1 fully saturated rings. The van der Waals surface area contributed by atoms with Crippen molar-refractivity contribution in [3.05, 3.63) is 0 Å². The Labute approximate surface area is 74.3 Å². The van der Waals surface area contributed by atoms with E-state index in [0.29, 0.717) is 11.5 Å². The van der Waals surface area contributed by atoms with E-state index in [9.17, 15) is 8.42 Å². The van der Waals surface area contributed by atoms with Crippen LogP contribution >= 0.6 is 0 Å². The molecule has 2 atom stereocenters. The highest BCUT2D eigenvalue weighted by atomic mass is 32.2. The van der Waals surface area contributed by atoms with E-state index in [0.717, 1.165) is 19.3 Å². The van der Waals surface area contributed by atoms with Crippen molar-refractivity contribution in [3.63, 3.8) is 0 Å². The van der Waals surface area contributed by atoms with Crippen LogP contribution in [0.4, 0.5) is 0 Å². The smallest absolute Gasteiger partial charge is 0.150 e. The van der Waals surface area contributed by atoms with Crippen molar-refractivity contribution >= 4 is 9.84 Å². The first-order valence-corrected chi connectivity index (χ1v) is 6.33. The fourth-order valence-electron chi connectivity index (χ4n) is 1.73. The molecule has 3 nitrogen and oxygen atoms in total. The SMILES string of the molecule is CCC[C@H](N)C1CCS(=O)(=O)C1. The molecule has 0 aromatic rings. The van der Waals surface area contributed by atoms with Gasteiger partial charge in [-0.05, 0) is 18.8 Å². The third-order valence-electron chi connectivity index (χ3n) is 2.50. The van der Waals surface area contributed by atoms with Crippen molar-refractivity contribution in [3.8, 4) is 0 Å². The minimum Gasteiger partial charge on any atom is -0.327 e. The summed E-state index contributed by atoms with van der Waals surface area (Å²) in [6.07, 6.45) is 2.75. The van der Waals surface area contributed by atoms with Crippen LogP contribution in [0.25, 0.3) is 0 Å². The van der Waals surface area contributed by atoms with Crippen molar-refractivity contribution in [2.45, 2.75) is 32.2 Å². The van der Waals surface area contributed by atoms with Gasteiger partial charge in [0.15, 0.2) is 9.84 Å². The molecule has 0 spiro atoms. The molecule has 1 heterocycles. The van der Waals surface area contributed by atoms with Gasteiger partial charge in [-0.25, -0.2) is 8.42 Å². The molecule has 12 heavy (non-hydrogen) atoms. The fraction of sp³-hybridized carbons (Fsp3) is 1.00. The summed E-state index contributed by atoms with van der Waals surface area (Å²) in [5, 5.41) is 0. The topological polar surface area (TPSA) is 60.2 Å². The number of sulfone groups is 1. The van der Waals surface area contributed by atoms with Crippen molar-refractivity contribution in [1.82, 2.24) is 0 Å². The summed E-state index contributed by atoms with van der Waals surface area (Å²) in [5.74, 6) is 0.874. The fourth-order valence-corrected chi connectivity index (χ4v) is 3.63. The molecule has 0 bridgehead atoms. The molecular formula is C8H17NO2S. The predicted octanol–water partition coefficient (Wildman–Crippen LogP) is 0.548. The van der Waals surface area contributed by atoms with E-state index in [-0.39, 0.29) is 12.0 Å². The molecule has 72 valence electrons. The Bertz CT molecular complexity index is 235. The van der Waals surface area contributed by atoms with Gasteiger partial charge in [0.05, 0.1) is 11.5 Å². The van der Waals surface area contributed by atoms with Crippen molar-refractivity contribution in [2.75, 3.05) is 11.5 Å². The van der Waals surface area contributed by atoms with Crippen molar-refractivity contribution in [2.24, 2.45) is 11.7 Å². The minimum atomic E-state index is -2.74. The standard InChI is InChI=1S/C8H17NO2S/c1-2-3-8(9)7-4-5-12(10,11)6-7/h7-8H,2-6,9H2,1H3/t7?,8-/m0/s1. The number of hydrogen-bond donors (Lipinski definition) is 1. The van der Waals surface area contributed by atoms with Gasteiger partial charge in [0, 0.05) is 6.04 Å². The van der Waals surface area contributed by atoms with Gasteiger partial charge in [-0.3, -0.25) is 0 Å². The first-order chi connectivity index (χ1) is 5.55. The second-order valence-corrected chi connectivity index (χ2v) is 5.84. The summed E-state index contributed by atoms with van der Waals surface area (Å²) in [7, 11) is -2.74. The van der Waals surface area contributed by atoms with Crippen LogP contribution in [0.5, 0.6) is 0 Å². The molecule has 1 saturated heterocycles. The maximum atomic E-state index is 11.1. The zero-order chi connectivity index (χ0) is 9.19. The molecule has 0 aromatic carbocycles. The summed E-state index contributed by atoms with van der Waals surface area (Å²) < 4.78 is 22.2. The van der Waals surface area contributed by atoms with Crippen LogP contribution in [-0.4, -0.2) is 26.0 Å². The molecule has 0 aromatic heterocycles. The second kappa shape index (κ2) is 3.75. The molecule has 2 N–H and O–H groups in total. The van der Waals surface area contributed by atoms with Crippen LogP contribution in [0.2, 0.25) is 0 Å². The summed E-state index contributed by atoms with van der Waals surface area (Å²) in [6.45, 7) is 2.07. The third-order valence-corrected chi connectivity index (χ3v) is 4.29. The number of nitrogens with two attached hydrogens (primary N) is 1. The van der Waals surface area contributed by atoms with E-state index in [1.807, 2.05) is 0 Å². The molecule has 0 radical (unpaired) electrons. The first kappa shape index (κ1) is 9.99. The largest absolute Gasteiger partial charge is 0.327 e. The van der Waals surface area contributed by atoms with E-state index in [1.54, 1.807) is 0 Å². The first-order valence-electron chi connectivity index (χ1n) is 4.51. The van der Waals surface area contributed by atoms with Crippen LogP contribution < -0.4 is 5.73 Å². The highest BCUT2D eigenvalue weighted by molar-refractivity contribution is 7.91. The summed E-state index contributed by atoms with van der Waals surface area (Å²) in [4.78, 5) is 0. The van der Waals surface area contributed by atoms with E-state index in [2.05, 4.69) is 6.92 Å². The Kier molecular flexibility index (Phi) is 3.12. The second-order valence-electron chi connectivity index (χ2n) is 3.62. The van der Waals surface area contributed by atoms with Gasteiger partial charge in [0.2, 0.25) is 0 Å². The van der Waals surface area contributed by atoms with Gasteiger partial charge in [-0.2, -0.15) is 0 Å². The van der Waals surface area contributed by atoms with E-state index >= 15 is 0 Å². The van der Waals surface area contributed by atoms with Crippen LogP contribution in [0, 0.1) is 5.92 Å². The quantitative estimate of drug-likeness (QED) is 0.708. The molecule has 0 amide bonds. The normalized spacial score (nSPS) is 30.3. The monoisotopic (exact) mass is 191 g/mol. The average molecular weight is 191 g/mol. The van der Waals surface area contributed by atoms with Crippen molar-refractivity contribution < 1.29 is 8.42 Å². The third kappa shape index (κ3) is 2.45. The van der Waals surface area contributed by atoms with Gasteiger partial charge in [-0.1, -0.05) is 13.3 Å². The van der Waals surface area contributed by atoms with E-state index in [4.69, 9.17) is 5.73 Å². The summed E-state index contributed by atoms with van der Waals surface area (Å²) in [6, 6.07) is 0.0901. The molecule has 1 rings (SSSR count). The Morgan fingerprint density at radius 2 is 2.25 bits per heavy atom. The Hall–Kier alpha value is -0.0900. The lowest BCUT2D eigenvalue weighted by Crippen LogP contribution is -2.30.